The van der Waals surface area contributed by atoms with Crippen LogP contribution >= 0.6 is 0 Å². The molecule has 2 aromatic rings. The lowest BCUT2D eigenvalue weighted by atomic mass is 10.3. The maximum atomic E-state index is 4.27. The number of rotatable bonds is 4. The molecule has 2 aromatic heterocycles. The lowest BCUT2D eigenvalue weighted by Gasteiger charge is -2.05. The third kappa shape index (κ3) is 3.10. The predicted octanol–water partition coefficient (Wildman–Crippen LogP) is 1.47. The van der Waals surface area contributed by atoms with Crippen molar-refractivity contribution in [2.45, 2.75) is 33.4 Å². The molecule has 0 saturated heterocycles. The summed E-state index contributed by atoms with van der Waals surface area (Å²) in [6, 6.07) is 4.31. The molecule has 0 aliphatic heterocycles. The molecule has 2 rings (SSSR count). The second-order valence-corrected chi connectivity index (χ2v) is 4.36. The van der Waals surface area contributed by atoms with Crippen LogP contribution in [0.2, 0.25) is 0 Å². The molecule has 0 fully saturated rings. The third-order valence-electron chi connectivity index (χ3n) is 2.37. The van der Waals surface area contributed by atoms with Gasteiger partial charge in [0.15, 0.2) is 5.82 Å². The summed E-state index contributed by atoms with van der Waals surface area (Å²) in [7, 11) is 0. The van der Waals surface area contributed by atoms with Crippen LogP contribution in [0.25, 0.3) is 5.82 Å². The average Bonchev–Trinajstić information content (AvgIpc) is 2.76. The summed E-state index contributed by atoms with van der Waals surface area (Å²) >= 11 is 0. The molecule has 2 heterocycles. The second-order valence-electron chi connectivity index (χ2n) is 4.36. The quantitative estimate of drug-likeness (QED) is 0.865. The number of hydrogen-bond donors (Lipinski definition) is 1. The van der Waals surface area contributed by atoms with Crippen LogP contribution in [0.4, 0.5) is 0 Å². The van der Waals surface area contributed by atoms with Crippen LogP contribution in [0.15, 0.2) is 24.5 Å². The molecule has 0 unspecified atom stereocenters. The normalized spacial score (nSPS) is 11.1. The van der Waals surface area contributed by atoms with Crippen LogP contribution in [-0.2, 0) is 6.54 Å². The van der Waals surface area contributed by atoms with E-state index in [4.69, 9.17) is 0 Å². The van der Waals surface area contributed by atoms with Crippen molar-refractivity contribution in [3.63, 3.8) is 0 Å². The van der Waals surface area contributed by atoms with E-state index < -0.39 is 0 Å². The van der Waals surface area contributed by atoms with Gasteiger partial charge in [-0.3, -0.25) is 0 Å². The van der Waals surface area contributed by atoms with Gasteiger partial charge in [-0.05, 0) is 19.1 Å². The van der Waals surface area contributed by atoms with E-state index in [0.29, 0.717) is 6.04 Å². The van der Waals surface area contributed by atoms with Gasteiger partial charge in [0.05, 0.1) is 11.9 Å². The van der Waals surface area contributed by atoms with Crippen molar-refractivity contribution in [3.05, 3.63) is 35.8 Å². The van der Waals surface area contributed by atoms with Gasteiger partial charge in [0.1, 0.15) is 0 Å². The summed E-state index contributed by atoms with van der Waals surface area (Å²) in [6.07, 6.45) is 3.81. The summed E-state index contributed by atoms with van der Waals surface area (Å²) < 4.78 is 1.74. The molecule has 17 heavy (non-hydrogen) atoms. The summed E-state index contributed by atoms with van der Waals surface area (Å²) in [5.41, 5.74) is 2.05. The first-order valence-corrected chi connectivity index (χ1v) is 5.73. The van der Waals surface area contributed by atoms with E-state index in [1.165, 1.54) is 0 Å². The van der Waals surface area contributed by atoms with E-state index in [-0.39, 0.29) is 0 Å². The van der Waals surface area contributed by atoms with Crippen LogP contribution in [0, 0.1) is 6.92 Å². The molecule has 0 amide bonds. The summed E-state index contributed by atoms with van der Waals surface area (Å²) in [5, 5.41) is 15.7. The minimum absolute atomic E-state index is 0.470. The second kappa shape index (κ2) is 5.05. The van der Waals surface area contributed by atoms with E-state index in [1.807, 2.05) is 31.5 Å². The fraction of sp³-hybridized carbons (Fsp3) is 0.417. The first-order chi connectivity index (χ1) is 8.15. The Morgan fingerprint density at radius 2 is 2.12 bits per heavy atom. The molecule has 5 nitrogen and oxygen atoms in total. The molecular weight excluding hydrogens is 214 g/mol. The minimum Gasteiger partial charge on any atom is -0.310 e. The fourth-order valence-electron chi connectivity index (χ4n) is 1.41. The van der Waals surface area contributed by atoms with Gasteiger partial charge in [-0.2, -0.15) is 10.2 Å². The van der Waals surface area contributed by atoms with Crippen LogP contribution in [-0.4, -0.2) is 26.0 Å². The molecule has 0 bridgehead atoms. The number of aryl methyl sites for hydroxylation is 1. The van der Waals surface area contributed by atoms with Crippen LogP contribution in [0.1, 0.15) is 25.1 Å². The third-order valence-corrected chi connectivity index (χ3v) is 2.37. The van der Waals surface area contributed by atoms with E-state index >= 15 is 0 Å². The number of nitrogens with one attached hydrogen (secondary N) is 1. The van der Waals surface area contributed by atoms with Crippen molar-refractivity contribution in [1.29, 1.82) is 0 Å². The Kier molecular flexibility index (Phi) is 3.49. The predicted molar refractivity (Wildman–Crippen MR) is 65.9 cm³/mol. The lowest BCUT2D eigenvalue weighted by Crippen LogP contribution is -2.21. The van der Waals surface area contributed by atoms with E-state index in [0.717, 1.165) is 23.6 Å². The number of hydrogen-bond acceptors (Lipinski definition) is 4. The van der Waals surface area contributed by atoms with Gasteiger partial charge >= 0.3 is 0 Å². The van der Waals surface area contributed by atoms with E-state index in [1.54, 1.807) is 4.68 Å². The van der Waals surface area contributed by atoms with Gasteiger partial charge in [0.2, 0.25) is 0 Å². The Labute approximate surface area is 101 Å². The van der Waals surface area contributed by atoms with Crippen molar-refractivity contribution in [3.8, 4) is 5.82 Å². The Morgan fingerprint density at radius 3 is 2.76 bits per heavy atom. The molecule has 5 heteroatoms. The highest BCUT2D eigenvalue weighted by Gasteiger charge is 2.03. The topological polar surface area (TPSA) is 55.6 Å². The Hall–Kier alpha value is -1.75. The zero-order chi connectivity index (χ0) is 12.3. The van der Waals surface area contributed by atoms with Crippen molar-refractivity contribution in [1.82, 2.24) is 25.3 Å². The zero-order valence-electron chi connectivity index (χ0n) is 10.4. The molecule has 90 valence electrons. The van der Waals surface area contributed by atoms with Crippen LogP contribution in [0.5, 0.6) is 0 Å². The smallest absolute Gasteiger partial charge is 0.175 e. The van der Waals surface area contributed by atoms with Gasteiger partial charge in [0, 0.05) is 24.3 Å². The molecule has 1 N–H and O–H groups in total. The summed E-state index contributed by atoms with van der Waals surface area (Å²) in [4.78, 5) is 0. The van der Waals surface area contributed by atoms with Gasteiger partial charge in [0.25, 0.3) is 0 Å². The van der Waals surface area contributed by atoms with E-state index in [9.17, 15) is 0 Å². The van der Waals surface area contributed by atoms with Crippen molar-refractivity contribution in [2.24, 2.45) is 0 Å². The highest BCUT2D eigenvalue weighted by Crippen LogP contribution is 2.05. The molecule has 0 spiro atoms. The van der Waals surface area contributed by atoms with Crippen molar-refractivity contribution >= 4 is 0 Å². The number of nitrogens with zero attached hydrogens (tertiary/aromatic N) is 4. The summed E-state index contributed by atoms with van der Waals surface area (Å²) in [5.74, 6) is 0.742. The average molecular weight is 231 g/mol. The lowest BCUT2D eigenvalue weighted by molar-refractivity contribution is 0.589. The van der Waals surface area contributed by atoms with Gasteiger partial charge in [-0.1, -0.05) is 13.8 Å². The van der Waals surface area contributed by atoms with Crippen molar-refractivity contribution in [2.75, 3.05) is 0 Å². The summed E-state index contributed by atoms with van der Waals surface area (Å²) in [6.45, 7) is 6.97. The highest BCUT2D eigenvalue weighted by molar-refractivity contribution is 5.21. The van der Waals surface area contributed by atoms with Gasteiger partial charge in [-0.15, -0.1) is 5.10 Å². The van der Waals surface area contributed by atoms with Crippen LogP contribution < -0.4 is 5.32 Å². The Bertz CT molecular complexity index is 472. The fourth-order valence-corrected chi connectivity index (χ4v) is 1.41. The van der Waals surface area contributed by atoms with Gasteiger partial charge < -0.3 is 5.32 Å². The first-order valence-electron chi connectivity index (χ1n) is 5.73. The van der Waals surface area contributed by atoms with Crippen molar-refractivity contribution < 1.29 is 0 Å². The monoisotopic (exact) mass is 231 g/mol. The molecule has 0 atom stereocenters. The van der Waals surface area contributed by atoms with Gasteiger partial charge in [-0.25, -0.2) is 4.68 Å². The minimum atomic E-state index is 0.470. The first kappa shape index (κ1) is 11.7. The zero-order valence-corrected chi connectivity index (χ0v) is 10.4. The maximum absolute atomic E-state index is 4.27. The van der Waals surface area contributed by atoms with Crippen LogP contribution in [0.3, 0.4) is 0 Å². The molecule has 0 saturated carbocycles. The largest absolute Gasteiger partial charge is 0.310 e. The maximum Gasteiger partial charge on any atom is 0.175 e. The van der Waals surface area contributed by atoms with E-state index in [2.05, 4.69) is 34.5 Å². The Balaban J connectivity index is 2.10. The molecule has 0 aliphatic carbocycles. The molecule has 0 aromatic carbocycles. The number of aromatic nitrogens is 4. The highest BCUT2D eigenvalue weighted by atomic mass is 15.3. The molecule has 0 radical (unpaired) electrons. The SMILES string of the molecule is Cc1ccc(-n2cc(CNC(C)C)cn2)nn1. The molecular formula is C12H17N5. The standard InChI is InChI=1S/C12H17N5/c1-9(2)13-6-11-7-14-17(8-11)12-5-4-10(3)15-16-12/h4-5,7-9,13H,6H2,1-3H3. The Morgan fingerprint density at radius 1 is 1.29 bits per heavy atom. The molecule has 0 aliphatic rings.